The molecule has 272 valence electrons. The second-order valence-electron chi connectivity index (χ2n) is 15.0. The van der Waals surface area contributed by atoms with Gasteiger partial charge in [-0.05, 0) is 34.4 Å². The van der Waals surface area contributed by atoms with Gasteiger partial charge in [0.2, 0.25) is 0 Å². The van der Waals surface area contributed by atoms with Crippen molar-refractivity contribution in [3.63, 3.8) is 0 Å². The van der Waals surface area contributed by atoms with Gasteiger partial charge in [-0.15, -0.1) is 16.4 Å². The molecule has 8 aromatic carbocycles. The Morgan fingerprint density at radius 3 is 1.43 bits per heavy atom. The summed E-state index contributed by atoms with van der Waals surface area (Å²) in [5.41, 5.74) is 12.1. The summed E-state index contributed by atoms with van der Waals surface area (Å²) in [4.78, 5) is 15.2. The molecule has 3 aromatic heterocycles. The summed E-state index contributed by atoms with van der Waals surface area (Å²) in [5.74, 6) is 1.64. The Hall–Kier alpha value is -7.31. The van der Waals surface area contributed by atoms with Crippen LogP contribution in [0.15, 0.2) is 167 Å². The molecule has 0 aliphatic carbocycles. The summed E-state index contributed by atoms with van der Waals surface area (Å²) in [6, 6.07) is 52.5. The van der Waals surface area contributed by atoms with E-state index in [2.05, 4.69) is 54.6 Å². The highest BCUT2D eigenvalue weighted by Gasteiger charge is 2.21. The number of furan rings is 2. The first-order chi connectivity index (χ1) is 29.8. The molecule has 10 heteroatoms. The van der Waals surface area contributed by atoms with Crippen LogP contribution in [-0.4, -0.2) is 54.2 Å². The van der Waals surface area contributed by atoms with Crippen molar-refractivity contribution in [2.45, 2.75) is 0 Å². The van der Waals surface area contributed by atoms with Crippen LogP contribution in [0.25, 0.3) is 111 Å². The van der Waals surface area contributed by atoms with Crippen LogP contribution >= 0.6 is 0 Å². The molecule has 0 atom stereocenters. The summed E-state index contributed by atoms with van der Waals surface area (Å²) in [6.45, 7) is 0. The van der Waals surface area contributed by atoms with E-state index >= 15 is 0 Å². The Labute approximate surface area is 358 Å². The molecule has 0 fully saturated rings. The Bertz CT molecular complexity index is 3500. The Morgan fingerprint density at radius 2 is 0.754 bits per heavy atom. The third-order valence-electron chi connectivity index (χ3n) is 11.5. The van der Waals surface area contributed by atoms with Crippen molar-refractivity contribution >= 4 is 110 Å². The van der Waals surface area contributed by atoms with Crippen molar-refractivity contribution in [1.82, 2.24) is 15.0 Å². The van der Waals surface area contributed by atoms with Gasteiger partial charge < -0.3 is 8.83 Å². The smallest absolute Gasteiger partial charge is 0.164 e. The van der Waals surface area contributed by atoms with Gasteiger partial charge in [-0.2, -0.15) is 0 Å². The molecule has 0 amide bonds. The van der Waals surface area contributed by atoms with Crippen LogP contribution in [0.3, 0.4) is 0 Å². The van der Waals surface area contributed by atoms with Gasteiger partial charge in [-0.1, -0.05) is 157 Å². The van der Waals surface area contributed by atoms with Crippen molar-refractivity contribution in [2.24, 2.45) is 0 Å². The summed E-state index contributed by atoms with van der Waals surface area (Å²) >= 11 is 0. The fraction of sp³-hybridized carbons (Fsp3) is 0. The lowest BCUT2D eigenvalue weighted by Gasteiger charge is -2.21. The number of nitrogens with zero attached hydrogens (tertiary/aromatic N) is 3. The van der Waals surface area contributed by atoms with Crippen LogP contribution in [0.5, 0.6) is 0 Å². The molecule has 0 saturated heterocycles. The highest BCUT2D eigenvalue weighted by molar-refractivity contribution is 6.68. The number of hydrogen-bond acceptors (Lipinski definition) is 5. The number of para-hydroxylation sites is 3. The van der Waals surface area contributed by atoms with Gasteiger partial charge in [0.15, 0.2) is 17.5 Å². The summed E-state index contributed by atoms with van der Waals surface area (Å²) < 4.78 is 13.0. The predicted octanol–water partition coefficient (Wildman–Crippen LogP) is 7.64. The van der Waals surface area contributed by atoms with Crippen LogP contribution in [0, 0.1) is 0 Å². The first-order valence-electron chi connectivity index (χ1n) is 19.7. The second-order valence-corrected chi connectivity index (χ2v) is 15.0. The summed E-state index contributed by atoms with van der Waals surface area (Å²) in [7, 11) is 31.2. The minimum absolute atomic E-state index is 0.180. The Balaban J connectivity index is 1.01. The highest BCUT2D eigenvalue weighted by atomic mass is 16.3. The molecular formula is C51H26B5N3O2. The minimum atomic E-state index is 0.180. The molecule has 10 radical (unpaired) electrons. The van der Waals surface area contributed by atoms with Crippen LogP contribution in [0.2, 0.25) is 0 Å². The van der Waals surface area contributed by atoms with Crippen molar-refractivity contribution in [2.75, 3.05) is 0 Å². The largest absolute Gasteiger partial charge is 0.455 e. The van der Waals surface area contributed by atoms with Gasteiger partial charge in [0, 0.05) is 49.4 Å². The number of fused-ring (bicyclic) bond motifs is 6. The third kappa shape index (κ3) is 6.04. The number of hydrogen-bond donors (Lipinski definition) is 0. The molecule has 11 rings (SSSR count). The van der Waals surface area contributed by atoms with Crippen LogP contribution in [0.4, 0.5) is 0 Å². The molecule has 0 bridgehead atoms. The number of aromatic nitrogens is 3. The highest BCUT2D eigenvalue weighted by Crippen LogP contribution is 2.41. The standard InChI is InChI=1S/C51H26B5N3O2/c52-42-40(43(53)45(55)46(56)44(42)54)29-23-19-27(20-24-29)33-13-7-15-36-41-37(16-8-18-39(41)61-48(33)36)51-58-49(30-9-2-1-3-10-30)57-50(59-51)31-25-21-28(22-26-31)32-12-6-14-35-34-11-4-5-17-38(34)60-47(32)35/h1-26H. The minimum Gasteiger partial charge on any atom is -0.455 e. The average molecular weight is 767 g/mol. The van der Waals surface area contributed by atoms with Crippen molar-refractivity contribution in [3.05, 3.63) is 158 Å². The fourth-order valence-corrected chi connectivity index (χ4v) is 8.35. The van der Waals surface area contributed by atoms with E-state index in [9.17, 15) is 0 Å². The lowest BCUT2D eigenvalue weighted by atomic mass is 9.59. The molecule has 3 heterocycles. The number of rotatable bonds is 6. The zero-order chi connectivity index (χ0) is 41.4. The Morgan fingerprint density at radius 1 is 0.311 bits per heavy atom. The first-order valence-corrected chi connectivity index (χ1v) is 19.7. The van der Waals surface area contributed by atoms with Crippen LogP contribution in [0.1, 0.15) is 0 Å². The molecule has 5 nitrogen and oxygen atoms in total. The molecule has 0 spiro atoms. The maximum Gasteiger partial charge on any atom is 0.164 e. The van der Waals surface area contributed by atoms with E-state index < -0.39 is 0 Å². The zero-order valence-electron chi connectivity index (χ0n) is 32.6. The maximum atomic E-state index is 6.67. The molecule has 0 aliphatic heterocycles. The quantitative estimate of drug-likeness (QED) is 0.163. The van der Waals surface area contributed by atoms with E-state index in [0.29, 0.717) is 28.6 Å². The predicted molar refractivity (Wildman–Crippen MR) is 254 cm³/mol. The monoisotopic (exact) mass is 767 g/mol. The SMILES string of the molecule is [B]c1c([B])c([B])c(-c2ccc(-c3cccc4c3oc3cccc(-c5nc(-c6ccccc6)nc(-c6ccc(-c7cccc8c7oc7ccccc78)cc6)n5)c34)cc2)c([B])c1[B]. The molecule has 11 aromatic rings. The fourth-order valence-electron chi connectivity index (χ4n) is 8.35. The lowest BCUT2D eigenvalue weighted by molar-refractivity contribution is 0.669. The van der Waals surface area contributed by atoms with Gasteiger partial charge in [0.25, 0.3) is 0 Å². The van der Waals surface area contributed by atoms with E-state index in [0.717, 1.165) is 82.8 Å². The van der Waals surface area contributed by atoms with Crippen LogP contribution in [-0.2, 0) is 0 Å². The summed E-state index contributed by atoms with van der Waals surface area (Å²) in [6.07, 6.45) is 0. The molecule has 0 N–H and O–H groups in total. The van der Waals surface area contributed by atoms with Crippen LogP contribution < -0.4 is 27.3 Å². The number of benzene rings is 8. The lowest BCUT2D eigenvalue weighted by Crippen LogP contribution is -2.55. The second kappa shape index (κ2) is 14.5. The molecule has 0 aliphatic rings. The molecule has 0 unspecified atom stereocenters. The van der Waals surface area contributed by atoms with E-state index in [1.165, 1.54) is 0 Å². The van der Waals surface area contributed by atoms with Crippen molar-refractivity contribution < 1.29 is 8.83 Å². The Kier molecular flexibility index (Phi) is 8.71. The van der Waals surface area contributed by atoms with Crippen molar-refractivity contribution in [1.29, 1.82) is 0 Å². The van der Waals surface area contributed by atoms with Crippen molar-refractivity contribution in [3.8, 4) is 67.5 Å². The topological polar surface area (TPSA) is 65.0 Å². The normalized spacial score (nSPS) is 11.6. The van der Waals surface area contributed by atoms with E-state index in [1.807, 2.05) is 103 Å². The molecule has 61 heavy (non-hydrogen) atoms. The van der Waals surface area contributed by atoms with E-state index in [1.54, 1.807) is 0 Å². The van der Waals surface area contributed by atoms with Gasteiger partial charge in [0.05, 0.1) is 0 Å². The third-order valence-corrected chi connectivity index (χ3v) is 11.5. The van der Waals surface area contributed by atoms with E-state index in [-0.39, 0.29) is 27.3 Å². The van der Waals surface area contributed by atoms with Gasteiger partial charge >= 0.3 is 0 Å². The van der Waals surface area contributed by atoms with Gasteiger partial charge in [-0.25, -0.2) is 15.0 Å². The van der Waals surface area contributed by atoms with Gasteiger partial charge in [0.1, 0.15) is 61.6 Å². The molecule has 0 saturated carbocycles. The summed E-state index contributed by atoms with van der Waals surface area (Å²) in [5, 5.41) is 4.00. The first kappa shape index (κ1) is 36.8. The van der Waals surface area contributed by atoms with Gasteiger partial charge in [-0.3, -0.25) is 0 Å². The molecular weight excluding hydrogens is 741 g/mol. The average Bonchev–Trinajstić information content (AvgIpc) is 3.90. The maximum absolute atomic E-state index is 6.67. The zero-order valence-corrected chi connectivity index (χ0v) is 32.6. The van der Waals surface area contributed by atoms with E-state index in [4.69, 9.17) is 63.0 Å².